The van der Waals surface area contributed by atoms with Crippen LogP contribution in [0.2, 0.25) is 5.02 Å². The number of hydrogen-bond donors (Lipinski definition) is 1. The minimum Gasteiger partial charge on any atom is -0.453 e. The molecular weight excluding hydrogens is 278 g/mol. The summed E-state index contributed by atoms with van der Waals surface area (Å²) in [6.07, 6.45) is 0. The molecule has 2 rings (SSSR count). The number of amides is 1. The minimum atomic E-state index is -0.264. The van der Waals surface area contributed by atoms with Crippen LogP contribution in [0.15, 0.2) is 40.8 Å². The largest absolute Gasteiger partial charge is 0.453 e. The van der Waals surface area contributed by atoms with Crippen molar-refractivity contribution in [3.8, 4) is 0 Å². The normalized spacial score (nSPS) is 12.2. The summed E-state index contributed by atoms with van der Waals surface area (Å²) in [5.74, 6) is 0.624. The predicted molar refractivity (Wildman–Crippen MR) is 76.8 cm³/mol. The van der Waals surface area contributed by atoms with E-state index in [4.69, 9.17) is 20.8 Å². The number of ether oxygens (including phenoxy) is 1. The van der Waals surface area contributed by atoms with Gasteiger partial charge in [-0.1, -0.05) is 23.7 Å². The first-order chi connectivity index (χ1) is 9.60. The van der Waals surface area contributed by atoms with Gasteiger partial charge < -0.3 is 14.5 Å². The van der Waals surface area contributed by atoms with Crippen LogP contribution in [-0.2, 0) is 11.3 Å². The number of halogens is 1. The third-order valence-electron chi connectivity index (χ3n) is 2.87. The van der Waals surface area contributed by atoms with Gasteiger partial charge in [0.05, 0.1) is 6.04 Å². The Bertz CT molecular complexity index is 594. The lowest BCUT2D eigenvalue weighted by molar-refractivity contribution is 0.0903. The maximum Gasteiger partial charge on any atom is 0.287 e. The molecule has 0 radical (unpaired) electrons. The van der Waals surface area contributed by atoms with Gasteiger partial charge in [-0.3, -0.25) is 4.79 Å². The highest BCUT2D eigenvalue weighted by atomic mass is 35.5. The van der Waals surface area contributed by atoms with Crippen molar-refractivity contribution in [2.75, 3.05) is 7.11 Å². The van der Waals surface area contributed by atoms with E-state index in [9.17, 15) is 4.79 Å². The molecule has 0 saturated heterocycles. The minimum absolute atomic E-state index is 0.155. The van der Waals surface area contributed by atoms with E-state index in [1.165, 1.54) is 0 Å². The zero-order chi connectivity index (χ0) is 14.5. The zero-order valence-electron chi connectivity index (χ0n) is 11.4. The monoisotopic (exact) mass is 293 g/mol. The lowest BCUT2D eigenvalue weighted by Crippen LogP contribution is -2.26. The SMILES string of the molecule is COCc1ccc(C(=O)NC(C)c2cccc(Cl)c2)o1. The van der Waals surface area contributed by atoms with Crippen molar-refractivity contribution >= 4 is 17.5 Å². The molecule has 0 aliphatic rings. The molecule has 1 heterocycles. The van der Waals surface area contributed by atoms with E-state index < -0.39 is 0 Å². The molecule has 0 aliphatic heterocycles. The smallest absolute Gasteiger partial charge is 0.287 e. The van der Waals surface area contributed by atoms with Crippen LogP contribution in [0.4, 0.5) is 0 Å². The van der Waals surface area contributed by atoms with Crippen molar-refractivity contribution in [1.29, 1.82) is 0 Å². The van der Waals surface area contributed by atoms with Crippen molar-refractivity contribution in [3.05, 3.63) is 58.5 Å². The molecule has 0 saturated carbocycles. The fourth-order valence-corrected chi connectivity index (χ4v) is 2.05. The number of nitrogens with one attached hydrogen (secondary N) is 1. The lowest BCUT2D eigenvalue weighted by Gasteiger charge is -2.13. The molecule has 1 aromatic heterocycles. The Hall–Kier alpha value is -1.78. The maximum atomic E-state index is 12.1. The summed E-state index contributed by atoms with van der Waals surface area (Å²) in [5.41, 5.74) is 0.939. The first-order valence-electron chi connectivity index (χ1n) is 6.24. The van der Waals surface area contributed by atoms with Gasteiger partial charge in [-0.2, -0.15) is 0 Å². The number of rotatable bonds is 5. The highest BCUT2D eigenvalue weighted by Gasteiger charge is 2.15. The number of carbonyl (C=O) groups excluding carboxylic acids is 1. The Labute approximate surface area is 122 Å². The molecule has 1 unspecified atom stereocenters. The summed E-state index contributed by atoms with van der Waals surface area (Å²) in [4.78, 5) is 12.1. The van der Waals surface area contributed by atoms with Crippen LogP contribution in [0.3, 0.4) is 0 Å². The van der Waals surface area contributed by atoms with E-state index in [1.54, 1.807) is 25.3 Å². The number of methoxy groups -OCH3 is 1. The fourth-order valence-electron chi connectivity index (χ4n) is 1.85. The lowest BCUT2D eigenvalue weighted by atomic mass is 10.1. The van der Waals surface area contributed by atoms with E-state index >= 15 is 0 Å². The maximum absolute atomic E-state index is 12.1. The standard InChI is InChI=1S/C15H16ClNO3/c1-10(11-4-3-5-12(16)8-11)17-15(18)14-7-6-13(20-14)9-19-2/h3-8,10H,9H2,1-2H3,(H,17,18). The van der Waals surface area contributed by atoms with Gasteiger partial charge in [-0.05, 0) is 36.8 Å². The molecular formula is C15H16ClNO3. The van der Waals surface area contributed by atoms with Gasteiger partial charge in [-0.25, -0.2) is 0 Å². The third kappa shape index (κ3) is 3.62. The Kier molecular flexibility index (Phi) is 4.82. The number of furan rings is 1. The average Bonchev–Trinajstić information content (AvgIpc) is 2.88. The van der Waals surface area contributed by atoms with Crippen molar-refractivity contribution in [1.82, 2.24) is 5.32 Å². The Balaban J connectivity index is 2.03. The van der Waals surface area contributed by atoms with Crippen LogP contribution in [0.5, 0.6) is 0 Å². The summed E-state index contributed by atoms with van der Waals surface area (Å²) in [5, 5.41) is 3.51. The Morgan fingerprint density at radius 1 is 1.40 bits per heavy atom. The quantitative estimate of drug-likeness (QED) is 0.917. The molecule has 20 heavy (non-hydrogen) atoms. The fraction of sp³-hybridized carbons (Fsp3) is 0.267. The van der Waals surface area contributed by atoms with Gasteiger partial charge in [0.1, 0.15) is 12.4 Å². The first kappa shape index (κ1) is 14.6. The molecule has 106 valence electrons. The van der Waals surface area contributed by atoms with Gasteiger partial charge in [0.15, 0.2) is 5.76 Å². The molecule has 1 N–H and O–H groups in total. The Morgan fingerprint density at radius 3 is 2.90 bits per heavy atom. The highest BCUT2D eigenvalue weighted by Crippen LogP contribution is 2.18. The topological polar surface area (TPSA) is 51.5 Å². The number of benzene rings is 1. The first-order valence-corrected chi connectivity index (χ1v) is 6.62. The molecule has 0 bridgehead atoms. The summed E-state index contributed by atoms with van der Waals surface area (Å²) in [6, 6.07) is 10.6. The second kappa shape index (κ2) is 6.59. The van der Waals surface area contributed by atoms with Crippen LogP contribution in [0.25, 0.3) is 0 Å². The van der Waals surface area contributed by atoms with Crippen LogP contribution in [-0.4, -0.2) is 13.0 Å². The van der Waals surface area contributed by atoms with E-state index in [2.05, 4.69) is 5.32 Å². The van der Waals surface area contributed by atoms with Gasteiger partial charge in [0.2, 0.25) is 0 Å². The molecule has 1 aromatic carbocycles. The van der Waals surface area contributed by atoms with Crippen LogP contribution in [0.1, 0.15) is 34.8 Å². The van der Waals surface area contributed by atoms with Crippen molar-refractivity contribution in [2.45, 2.75) is 19.6 Å². The second-order valence-electron chi connectivity index (χ2n) is 4.45. The van der Waals surface area contributed by atoms with E-state index in [0.717, 1.165) is 5.56 Å². The van der Waals surface area contributed by atoms with Crippen molar-refractivity contribution in [3.63, 3.8) is 0 Å². The van der Waals surface area contributed by atoms with Gasteiger partial charge >= 0.3 is 0 Å². The molecule has 0 spiro atoms. The molecule has 4 nitrogen and oxygen atoms in total. The van der Waals surface area contributed by atoms with Crippen molar-refractivity contribution in [2.24, 2.45) is 0 Å². The average molecular weight is 294 g/mol. The Morgan fingerprint density at radius 2 is 2.20 bits per heavy atom. The van der Waals surface area contributed by atoms with Gasteiger partial charge in [0.25, 0.3) is 5.91 Å². The van der Waals surface area contributed by atoms with Crippen molar-refractivity contribution < 1.29 is 13.9 Å². The summed E-state index contributed by atoms with van der Waals surface area (Å²) >= 11 is 5.94. The van der Waals surface area contributed by atoms with Crippen LogP contribution in [0, 0.1) is 0 Å². The number of hydrogen-bond acceptors (Lipinski definition) is 3. The molecule has 5 heteroatoms. The summed E-state index contributed by atoms with van der Waals surface area (Å²) in [7, 11) is 1.57. The molecule has 1 amide bonds. The molecule has 1 atom stereocenters. The van der Waals surface area contributed by atoms with Gasteiger partial charge in [0, 0.05) is 12.1 Å². The summed E-state index contributed by atoms with van der Waals surface area (Å²) in [6.45, 7) is 2.24. The highest BCUT2D eigenvalue weighted by molar-refractivity contribution is 6.30. The molecule has 0 fully saturated rings. The van der Waals surface area contributed by atoms with E-state index in [0.29, 0.717) is 17.4 Å². The second-order valence-corrected chi connectivity index (χ2v) is 4.89. The third-order valence-corrected chi connectivity index (χ3v) is 3.10. The molecule has 0 aliphatic carbocycles. The van der Waals surface area contributed by atoms with E-state index in [1.807, 2.05) is 25.1 Å². The molecule has 2 aromatic rings. The predicted octanol–water partition coefficient (Wildman–Crippen LogP) is 3.57. The number of carbonyl (C=O) groups is 1. The van der Waals surface area contributed by atoms with Crippen LogP contribution < -0.4 is 5.32 Å². The van der Waals surface area contributed by atoms with Gasteiger partial charge in [-0.15, -0.1) is 0 Å². The van der Waals surface area contributed by atoms with Crippen LogP contribution >= 0.6 is 11.6 Å². The van der Waals surface area contributed by atoms with E-state index in [-0.39, 0.29) is 17.7 Å². The summed E-state index contributed by atoms with van der Waals surface area (Å²) < 4.78 is 10.3. The zero-order valence-corrected chi connectivity index (χ0v) is 12.1.